The number of benzene rings is 1. The normalized spacial score (nSPS) is 10.0. The van der Waals surface area contributed by atoms with Crippen LogP contribution in [0.2, 0.25) is 5.15 Å². The maximum Gasteiger partial charge on any atom is 0.234 e. The standard InChI is InChI=1S/C12H11ClN2O2/c1-16-10-5-3-2-4-9(10)8-17-12-7-14-6-11(13)15-12/h2-7H,8H2,1H3. The van der Waals surface area contributed by atoms with Gasteiger partial charge in [0.2, 0.25) is 5.88 Å². The first-order chi connectivity index (χ1) is 8.29. The van der Waals surface area contributed by atoms with E-state index < -0.39 is 0 Å². The van der Waals surface area contributed by atoms with Gasteiger partial charge in [0, 0.05) is 5.56 Å². The minimum Gasteiger partial charge on any atom is -0.496 e. The molecule has 1 aromatic carbocycles. The van der Waals surface area contributed by atoms with Crippen LogP contribution in [-0.4, -0.2) is 17.1 Å². The van der Waals surface area contributed by atoms with Crippen LogP contribution in [0, 0.1) is 0 Å². The molecule has 2 rings (SSSR count). The highest BCUT2D eigenvalue weighted by atomic mass is 35.5. The Morgan fingerprint density at radius 1 is 1.24 bits per heavy atom. The zero-order valence-electron chi connectivity index (χ0n) is 9.26. The first-order valence-corrected chi connectivity index (χ1v) is 5.39. The van der Waals surface area contributed by atoms with Gasteiger partial charge < -0.3 is 9.47 Å². The predicted molar refractivity (Wildman–Crippen MR) is 64.4 cm³/mol. The van der Waals surface area contributed by atoms with Gasteiger partial charge in [0.1, 0.15) is 12.4 Å². The van der Waals surface area contributed by atoms with Gasteiger partial charge in [-0.2, -0.15) is 4.98 Å². The molecule has 1 aromatic heterocycles. The lowest BCUT2D eigenvalue weighted by molar-refractivity contribution is 0.284. The van der Waals surface area contributed by atoms with Gasteiger partial charge in [-0.05, 0) is 6.07 Å². The molecule has 1 heterocycles. The molecule has 0 N–H and O–H groups in total. The Morgan fingerprint density at radius 2 is 2.06 bits per heavy atom. The molecule has 0 aliphatic carbocycles. The Hall–Kier alpha value is -1.81. The van der Waals surface area contributed by atoms with Gasteiger partial charge in [0.25, 0.3) is 0 Å². The van der Waals surface area contributed by atoms with E-state index in [1.165, 1.54) is 12.4 Å². The van der Waals surface area contributed by atoms with Crippen molar-refractivity contribution in [1.29, 1.82) is 0 Å². The fourth-order valence-corrected chi connectivity index (χ4v) is 1.51. The molecule has 0 aliphatic heterocycles. The van der Waals surface area contributed by atoms with Crippen molar-refractivity contribution in [1.82, 2.24) is 9.97 Å². The number of rotatable bonds is 4. The van der Waals surface area contributed by atoms with Crippen molar-refractivity contribution in [2.24, 2.45) is 0 Å². The van der Waals surface area contributed by atoms with E-state index in [4.69, 9.17) is 21.1 Å². The van der Waals surface area contributed by atoms with E-state index in [-0.39, 0.29) is 0 Å². The lowest BCUT2D eigenvalue weighted by Crippen LogP contribution is -2.00. The minimum atomic E-state index is 0.308. The van der Waals surface area contributed by atoms with Crippen LogP contribution in [0.25, 0.3) is 0 Å². The average Bonchev–Trinajstić information content (AvgIpc) is 2.37. The molecule has 0 spiro atoms. The number of nitrogens with zero attached hydrogens (tertiary/aromatic N) is 2. The molecule has 2 aromatic rings. The number of ether oxygens (including phenoxy) is 2. The molecule has 0 saturated carbocycles. The van der Waals surface area contributed by atoms with Gasteiger partial charge in [0.05, 0.1) is 19.5 Å². The number of hydrogen-bond donors (Lipinski definition) is 0. The smallest absolute Gasteiger partial charge is 0.234 e. The van der Waals surface area contributed by atoms with Crippen LogP contribution in [0.4, 0.5) is 0 Å². The minimum absolute atomic E-state index is 0.308. The number of aromatic nitrogens is 2. The number of hydrogen-bond acceptors (Lipinski definition) is 4. The monoisotopic (exact) mass is 250 g/mol. The van der Waals surface area contributed by atoms with Crippen LogP contribution in [0.15, 0.2) is 36.7 Å². The third kappa shape index (κ3) is 3.07. The highest BCUT2D eigenvalue weighted by Gasteiger charge is 2.03. The Kier molecular flexibility index (Phi) is 3.77. The number of halogens is 1. The SMILES string of the molecule is COc1ccccc1COc1cncc(Cl)n1. The zero-order valence-corrected chi connectivity index (χ0v) is 10.0. The molecule has 88 valence electrons. The Labute approximate surface area is 104 Å². The molecule has 0 saturated heterocycles. The summed E-state index contributed by atoms with van der Waals surface area (Å²) >= 11 is 5.71. The van der Waals surface area contributed by atoms with E-state index in [1.54, 1.807) is 7.11 Å². The Balaban J connectivity index is 2.07. The topological polar surface area (TPSA) is 44.2 Å². The van der Waals surface area contributed by atoms with Gasteiger partial charge >= 0.3 is 0 Å². The summed E-state index contributed by atoms with van der Waals surface area (Å²) in [4.78, 5) is 7.87. The fourth-order valence-electron chi connectivity index (χ4n) is 1.37. The first-order valence-electron chi connectivity index (χ1n) is 5.02. The van der Waals surface area contributed by atoms with Crippen LogP contribution in [0.3, 0.4) is 0 Å². The van der Waals surface area contributed by atoms with Crippen LogP contribution < -0.4 is 9.47 Å². The summed E-state index contributed by atoms with van der Waals surface area (Å²) in [6.07, 6.45) is 2.97. The predicted octanol–water partition coefficient (Wildman–Crippen LogP) is 2.72. The van der Waals surface area contributed by atoms with Crippen molar-refractivity contribution < 1.29 is 9.47 Å². The third-order valence-electron chi connectivity index (χ3n) is 2.15. The van der Waals surface area contributed by atoms with E-state index in [2.05, 4.69) is 9.97 Å². The van der Waals surface area contributed by atoms with Crippen LogP contribution in [-0.2, 0) is 6.61 Å². The summed E-state index contributed by atoms with van der Waals surface area (Å²) < 4.78 is 10.7. The van der Waals surface area contributed by atoms with Crippen molar-refractivity contribution in [3.8, 4) is 11.6 Å². The molecule has 0 unspecified atom stereocenters. The quantitative estimate of drug-likeness (QED) is 0.837. The van der Waals surface area contributed by atoms with Crippen molar-refractivity contribution in [3.63, 3.8) is 0 Å². The largest absolute Gasteiger partial charge is 0.496 e. The van der Waals surface area contributed by atoms with Crippen molar-refractivity contribution in [2.75, 3.05) is 7.11 Å². The van der Waals surface area contributed by atoms with E-state index in [0.717, 1.165) is 11.3 Å². The molecule has 4 nitrogen and oxygen atoms in total. The summed E-state index contributed by atoms with van der Waals surface area (Å²) in [5.74, 6) is 1.17. The summed E-state index contributed by atoms with van der Waals surface area (Å²) in [5.41, 5.74) is 0.941. The summed E-state index contributed by atoms with van der Waals surface area (Å²) in [6, 6.07) is 7.63. The maximum atomic E-state index is 5.71. The van der Waals surface area contributed by atoms with Crippen LogP contribution in [0.1, 0.15) is 5.56 Å². The lowest BCUT2D eigenvalue weighted by Gasteiger charge is -2.09. The van der Waals surface area contributed by atoms with E-state index >= 15 is 0 Å². The second kappa shape index (κ2) is 5.50. The van der Waals surface area contributed by atoms with Gasteiger partial charge in [-0.15, -0.1) is 0 Å². The fraction of sp³-hybridized carbons (Fsp3) is 0.167. The highest BCUT2D eigenvalue weighted by molar-refractivity contribution is 6.29. The van der Waals surface area contributed by atoms with Crippen LogP contribution in [0.5, 0.6) is 11.6 Å². The Bertz CT molecular complexity index is 505. The van der Waals surface area contributed by atoms with E-state index in [1.807, 2.05) is 24.3 Å². The molecule has 0 amide bonds. The molecule has 17 heavy (non-hydrogen) atoms. The highest BCUT2D eigenvalue weighted by Crippen LogP contribution is 2.19. The molecule has 0 aliphatic rings. The lowest BCUT2D eigenvalue weighted by atomic mass is 10.2. The third-order valence-corrected chi connectivity index (χ3v) is 2.33. The molecule has 5 heteroatoms. The van der Waals surface area contributed by atoms with E-state index in [0.29, 0.717) is 17.6 Å². The van der Waals surface area contributed by atoms with Crippen molar-refractivity contribution in [3.05, 3.63) is 47.4 Å². The molecule has 0 bridgehead atoms. The van der Waals surface area contributed by atoms with Gasteiger partial charge in [-0.1, -0.05) is 29.8 Å². The molecule has 0 atom stereocenters. The number of para-hydroxylation sites is 1. The van der Waals surface area contributed by atoms with Crippen molar-refractivity contribution >= 4 is 11.6 Å². The van der Waals surface area contributed by atoms with Gasteiger partial charge in [-0.3, -0.25) is 4.98 Å². The summed E-state index contributed by atoms with van der Waals surface area (Å²) in [5, 5.41) is 0.308. The summed E-state index contributed by atoms with van der Waals surface area (Å²) in [6.45, 7) is 0.360. The second-order valence-electron chi connectivity index (χ2n) is 3.28. The maximum absolute atomic E-state index is 5.71. The second-order valence-corrected chi connectivity index (χ2v) is 3.67. The Morgan fingerprint density at radius 3 is 2.82 bits per heavy atom. The first kappa shape index (κ1) is 11.7. The van der Waals surface area contributed by atoms with Crippen LogP contribution >= 0.6 is 11.6 Å². The van der Waals surface area contributed by atoms with Gasteiger partial charge in [0.15, 0.2) is 5.15 Å². The summed E-state index contributed by atoms with van der Waals surface area (Å²) in [7, 11) is 1.62. The molecule has 0 radical (unpaired) electrons. The molecular weight excluding hydrogens is 240 g/mol. The van der Waals surface area contributed by atoms with E-state index in [9.17, 15) is 0 Å². The molecular formula is C12H11ClN2O2. The number of methoxy groups -OCH3 is 1. The van der Waals surface area contributed by atoms with Crippen molar-refractivity contribution in [2.45, 2.75) is 6.61 Å². The van der Waals surface area contributed by atoms with Gasteiger partial charge in [-0.25, -0.2) is 0 Å². The molecule has 0 fully saturated rings. The zero-order chi connectivity index (χ0) is 12.1. The average molecular weight is 251 g/mol.